The molecule has 21 heavy (non-hydrogen) atoms. The molecule has 1 aliphatic rings. The molecule has 0 spiro atoms. The van der Waals surface area contributed by atoms with Crippen LogP contribution in [0.1, 0.15) is 22.1 Å². The molecule has 0 unspecified atom stereocenters. The fourth-order valence-corrected chi connectivity index (χ4v) is 2.29. The van der Waals surface area contributed by atoms with Crippen LogP contribution in [-0.2, 0) is 0 Å². The van der Waals surface area contributed by atoms with Gasteiger partial charge in [-0.05, 0) is 18.2 Å². The summed E-state index contributed by atoms with van der Waals surface area (Å²) in [5.41, 5.74) is 0.741. The van der Waals surface area contributed by atoms with Crippen LogP contribution in [0.3, 0.4) is 0 Å². The third kappa shape index (κ3) is 2.38. The third-order valence-electron chi connectivity index (χ3n) is 3.11. The van der Waals surface area contributed by atoms with E-state index < -0.39 is 11.1 Å². The van der Waals surface area contributed by atoms with Gasteiger partial charge in [-0.3, -0.25) is 14.9 Å². The Labute approximate surface area is 124 Å². The number of carbonyl (C=O) groups excluding carboxylic acids is 1. The summed E-state index contributed by atoms with van der Waals surface area (Å²) in [5.74, 6) is 0.142. The van der Waals surface area contributed by atoms with Gasteiger partial charge in [-0.25, -0.2) is 4.98 Å². The summed E-state index contributed by atoms with van der Waals surface area (Å²) < 4.78 is 0. The quantitative estimate of drug-likeness (QED) is 0.656. The highest BCUT2D eigenvalue weighted by Gasteiger charge is 2.26. The number of nitro groups is 1. The molecule has 0 radical (unpaired) electrons. The number of aromatic nitrogens is 1. The Bertz CT molecular complexity index is 750. The first-order valence-electron chi connectivity index (χ1n) is 6.02. The Morgan fingerprint density at radius 3 is 2.86 bits per heavy atom. The number of benzene rings is 1. The number of nitrogens with one attached hydrogen (secondary N) is 2. The number of nitrogens with zero attached hydrogens (tertiary/aromatic N) is 2. The Balaban J connectivity index is 1.98. The minimum absolute atomic E-state index is 0.0458. The number of fused-ring (bicyclic) bond motifs is 1. The van der Waals surface area contributed by atoms with Crippen LogP contribution < -0.4 is 10.6 Å². The van der Waals surface area contributed by atoms with Crippen molar-refractivity contribution >= 4 is 29.0 Å². The predicted octanol–water partition coefficient (Wildman–Crippen LogP) is 2.50. The van der Waals surface area contributed by atoms with Gasteiger partial charge in [0.2, 0.25) is 0 Å². The third-order valence-corrected chi connectivity index (χ3v) is 3.43. The number of pyridine rings is 1. The minimum atomic E-state index is -0.601. The van der Waals surface area contributed by atoms with Gasteiger partial charge in [0, 0.05) is 17.8 Å². The van der Waals surface area contributed by atoms with Crippen molar-refractivity contribution in [1.82, 2.24) is 10.3 Å². The molecule has 2 N–H and O–H groups in total. The van der Waals surface area contributed by atoms with Crippen LogP contribution in [-0.4, -0.2) is 15.8 Å². The Hall–Kier alpha value is -2.67. The van der Waals surface area contributed by atoms with E-state index in [2.05, 4.69) is 15.6 Å². The number of anilines is 1. The van der Waals surface area contributed by atoms with Crippen LogP contribution in [0.2, 0.25) is 5.02 Å². The smallest absolute Gasteiger partial charge is 0.288 e. The van der Waals surface area contributed by atoms with Crippen molar-refractivity contribution in [3.05, 3.63) is 62.8 Å². The molecule has 1 aromatic carbocycles. The van der Waals surface area contributed by atoms with Crippen molar-refractivity contribution in [3.63, 3.8) is 0 Å². The molecule has 1 aromatic heterocycles. The lowest BCUT2D eigenvalue weighted by atomic mass is 10.1. The highest BCUT2D eigenvalue weighted by molar-refractivity contribution is 6.32. The second-order valence-electron chi connectivity index (χ2n) is 4.42. The zero-order valence-corrected chi connectivity index (χ0v) is 11.3. The van der Waals surface area contributed by atoms with Crippen LogP contribution in [0.15, 0.2) is 36.5 Å². The molecule has 1 atom stereocenters. The van der Waals surface area contributed by atoms with E-state index in [1.54, 1.807) is 24.4 Å². The second kappa shape index (κ2) is 5.02. The summed E-state index contributed by atoms with van der Waals surface area (Å²) in [5, 5.41) is 16.7. The average Bonchev–Trinajstić information content (AvgIpc) is 2.47. The van der Waals surface area contributed by atoms with Crippen molar-refractivity contribution in [2.75, 3.05) is 5.32 Å². The number of carbonyl (C=O) groups is 1. The van der Waals surface area contributed by atoms with E-state index >= 15 is 0 Å². The Morgan fingerprint density at radius 2 is 2.10 bits per heavy atom. The van der Waals surface area contributed by atoms with Gasteiger partial charge in [0.25, 0.3) is 11.6 Å². The summed E-state index contributed by atoms with van der Waals surface area (Å²) in [7, 11) is 0. The maximum Gasteiger partial charge on any atom is 0.288 e. The highest BCUT2D eigenvalue weighted by atomic mass is 35.5. The first kappa shape index (κ1) is 13.3. The monoisotopic (exact) mass is 304 g/mol. The topological polar surface area (TPSA) is 97.2 Å². The summed E-state index contributed by atoms with van der Waals surface area (Å²) in [4.78, 5) is 26.4. The van der Waals surface area contributed by atoms with Gasteiger partial charge < -0.3 is 10.6 Å². The van der Waals surface area contributed by atoms with Crippen LogP contribution in [0.5, 0.6) is 0 Å². The van der Waals surface area contributed by atoms with Crippen LogP contribution in [0.4, 0.5) is 11.5 Å². The number of amides is 1. The lowest BCUT2D eigenvalue weighted by molar-refractivity contribution is -0.384. The Kier molecular flexibility index (Phi) is 3.19. The van der Waals surface area contributed by atoms with Gasteiger partial charge in [-0.1, -0.05) is 17.7 Å². The molecule has 0 fully saturated rings. The van der Waals surface area contributed by atoms with Gasteiger partial charge in [-0.15, -0.1) is 0 Å². The predicted molar refractivity (Wildman–Crippen MR) is 76.2 cm³/mol. The Morgan fingerprint density at radius 1 is 1.29 bits per heavy atom. The maximum absolute atomic E-state index is 12.0. The lowest BCUT2D eigenvalue weighted by Crippen LogP contribution is -2.38. The van der Waals surface area contributed by atoms with Crippen LogP contribution >= 0.6 is 11.6 Å². The van der Waals surface area contributed by atoms with Crippen molar-refractivity contribution in [1.29, 1.82) is 0 Å². The van der Waals surface area contributed by atoms with E-state index in [0.717, 1.165) is 0 Å². The van der Waals surface area contributed by atoms with Gasteiger partial charge in [0.1, 0.15) is 17.0 Å². The molecule has 3 rings (SSSR count). The van der Waals surface area contributed by atoms with E-state index in [1.165, 1.54) is 12.1 Å². The van der Waals surface area contributed by atoms with Crippen molar-refractivity contribution < 1.29 is 9.72 Å². The number of rotatable bonds is 2. The number of hydrogen-bond acceptors (Lipinski definition) is 5. The first-order chi connectivity index (χ1) is 10.1. The molecule has 0 aliphatic carbocycles. The van der Waals surface area contributed by atoms with Crippen molar-refractivity contribution in [3.8, 4) is 0 Å². The van der Waals surface area contributed by atoms with E-state index in [-0.39, 0.29) is 16.6 Å². The summed E-state index contributed by atoms with van der Waals surface area (Å²) in [6.45, 7) is 0. The second-order valence-corrected chi connectivity index (χ2v) is 4.83. The van der Waals surface area contributed by atoms with Crippen molar-refractivity contribution in [2.45, 2.75) is 6.17 Å². The zero-order valence-electron chi connectivity index (χ0n) is 10.5. The number of halogens is 1. The molecule has 2 heterocycles. The zero-order chi connectivity index (χ0) is 15.0. The number of nitro benzene ring substituents is 1. The van der Waals surface area contributed by atoms with E-state index in [0.29, 0.717) is 16.9 Å². The molecule has 0 saturated heterocycles. The van der Waals surface area contributed by atoms with Gasteiger partial charge >= 0.3 is 0 Å². The van der Waals surface area contributed by atoms with Crippen molar-refractivity contribution in [2.24, 2.45) is 0 Å². The van der Waals surface area contributed by atoms with E-state index in [4.69, 9.17) is 11.6 Å². The SMILES string of the molecule is O=C1N[C@H](c2ccc(Cl)c([N+](=O)[O-])c2)Nc2ncccc21. The molecular formula is C13H9ClN4O3. The molecule has 8 heteroatoms. The summed E-state index contributed by atoms with van der Waals surface area (Å²) in [6.07, 6.45) is 0.960. The molecule has 1 aliphatic heterocycles. The fourth-order valence-electron chi connectivity index (χ4n) is 2.10. The fraction of sp³-hybridized carbons (Fsp3) is 0.0769. The average molecular weight is 305 g/mol. The number of hydrogen-bond donors (Lipinski definition) is 2. The normalized spacial score (nSPS) is 16.6. The minimum Gasteiger partial charge on any atom is -0.346 e. The van der Waals surface area contributed by atoms with Crippen LogP contribution in [0.25, 0.3) is 0 Å². The summed E-state index contributed by atoms with van der Waals surface area (Å²) >= 11 is 5.78. The molecular weight excluding hydrogens is 296 g/mol. The van der Waals surface area contributed by atoms with Gasteiger partial charge in [-0.2, -0.15) is 0 Å². The molecule has 2 aromatic rings. The summed E-state index contributed by atoms with van der Waals surface area (Å²) in [6, 6.07) is 7.67. The lowest BCUT2D eigenvalue weighted by Gasteiger charge is -2.27. The molecule has 0 bridgehead atoms. The maximum atomic E-state index is 12.0. The van der Waals surface area contributed by atoms with E-state index in [9.17, 15) is 14.9 Å². The van der Waals surface area contributed by atoms with Gasteiger partial charge in [0.15, 0.2) is 0 Å². The molecule has 0 saturated carbocycles. The van der Waals surface area contributed by atoms with Gasteiger partial charge in [0.05, 0.1) is 10.5 Å². The van der Waals surface area contributed by atoms with E-state index in [1.807, 2.05) is 0 Å². The molecule has 106 valence electrons. The first-order valence-corrected chi connectivity index (χ1v) is 6.40. The highest BCUT2D eigenvalue weighted by Crippen LogP contribution is 2.30. The molecule has 7 nitrogen and oxygen atoms in total. The standard InChI is InChI=1S/C13H9ClN4O3/c14-9-4-3-7(6-10(9)18(20)21)11-16-12-8(13(19)17-11)2-1-5-15-12/h1-6,11H,(H,15,16)(H,17,19)/t11-/m1/s1. The molecule has 1 amide bonds. The largest absolute Gasteiger partial charge is 0.346 e. The van der Waals surface area contributed by atoms with Crippen LogP contribution in [0, 0.1) is 10.1 Å².